The first-order valence-electron chi connectivity index (χ1n) is 12.0. The topological polar surface area (TPSA) is 106 Å². The standard InChI is InChI=1S/C27H29F3N4O3S/c1-26(2,3)24(36)37-14-20(15-4-7-18(8-5-15)27(28,29)30)21(31)12-33-25-34-13-22(38-25)16-6-9-19-17(10-16)11-32-23(19)35/h4-10,13,20-21H,11-12,14,31H2,1-3H3,(H,32,35)(H,33,34)/t20-,21+/m0/s1. The summed E-state index contributed by atoms with van der Waals surface area (Å²) in [6.45, 7) is 5.83. The molecule has 0 unspecified atom stereocenters. The molecule has 4 N–H and O–H groups in total. The second kappa shape index (κ2) is 10.7. The van der Waals surface area contributed by atoms with Crippen LogP contribution in [0.4, 0.5) is 18.3 Å². The van der Waals surface area contributed by atoms with Crippen molar-refractivity contribution in [2.75, 3.05) is 18.5 Å². The average Bonchev–Trinajstić information content (AvgIpc) is 3.48. The Hall–Kier alpha value is -3.44. The van der Waals surface area contributed by atoms with Gasteiger partial charge in [-0.25, -0.2) is 4.98 Å². The summed E-state index contributed by atoms with van der Waals surface area (Å²) in [5, 5.41) is 6.60. The van der Waals surface area contributed by atoms with Crippen LogP contribution >= 0.6 is 11.3 Å². The Bertz CT molecular complexity index is 1320. The molecule has 0 bridgehead atoms. The number of thiazole rings is 1. The Morgan fingerprint density at radius 1 is 1.18 bits per heavy atom. The predicted octanol–water partition coefficient (Wildman–Crippen LogP) is 5.18. The van der Waals surface area contributed by atoms with Crippen LogP contribution in [0.15, 0.2) is 48.7 Å². The molecule has 4 rings (SSSR count). The maximum absolute atomic E-state index is 13.1. The third-order valence-electron chi connectivity index (χ3n) is 6.26. The smallest absolute Gasteiger partial charge is 0.416 e. The molecule has 0 saturated heterocycles. The Kier molecular flexibility index (Phi) is 7.80. The number of hydrogen-bond acceptors (Lipinski definition) is 7. The van der Waals surface area contributed by atoms with E-state index in [0.717, 1.165) is 28.1 Å². The number of amides is 1. The molecule has 1 aromatic heterocycles. The Labute approximate surface area is 222 Å². The molecule has 2 heterocycles. The molecule has 1 aliphatic heterocycles. The SMILES string of the molecule is CC(C)(C)C(=O)OC[C@@H](c1ccc(C(F)(F)F)cc1)[C@H](N)CNc1ncc(-c2ccc3c(c2)CNC3=O)s1. The number of esters is 1. The molecule has 38 heavy (non-hydrogen) atoms. The van der Waals surface area contributed by atoms with Crippen LogP contribution in [0.25, 0.3) is 10.4 Å². The Morgan fingerprint density at radius 2 is 1.89 bits per heavy atom. The summed E-state index contributed by atoms with van der Waals surface area (Å²) in [4.78, 5) is 29.5. The van der Waals surface area contributed by atoms with E-state index in [1.807, 2.05) is 12.1 Å². The highest BCUT2D eigenvalue weighted by Crippen LogP contribution is 2.33. The van der Waals surface area contributed by atoms with Crippen LogP contribution in [0.5, 0.6) is 0 Å². The number of rotatable bonds is 8. The number of alkyl halides is 3. The number of nitrogens with zero attached hydrogens (tertiary/aromatic N) is 1. The molecule has 2 atom stereocenters. The predicted molar refractivity (Wildman–Crippen MR) is 140 cm³/mol. The molecule has 1 aliphatic rings. The molecule has 0 fully saturated rings. The fourth-order valence-electron chi connectivity index (χ4n) is 3.99. The number of aromatic nitrogens is 1. The van der Waals surface area contributed by atoms with Crippen molar-refractivity contribution in [2.45, 2.75) is 45.5 Å². The minimum absolute atomic E-state index is 0.0741. The zero-order chi connectivity index (χ0) is 27.7. The normalized spacial score (nSPS) is 15.0. The lowest BCUT2D eigenvalue weighted by Gasteiger charge is -2.26. The van der Waals surface area contributed by atoms with Gasteiger partial charge in [-0.1, -0.05) is 29.5 Å². The van der Waals surface area contributed by atoms with Crippen molar-refractivity contribution in [1.29, 1.82) is 0 Å². The highest BCUT2D eigenvalue weighted by molar-refractivity contribution is 7.18. The first-order chi connectivity index (χ1) is 17.8. The van der Waals surface area contributed by atoms with Crippen LogP contribution in [-0.4, -0.2) is 36.1 Å². The van der Waals surface area contributed by atoms with Crippen molar-refractivity contribution in [2.24, 2.45) is 11.1 Å². The van der Waals surface area contributed by atoms with Gasteiger partial charge >= 0.3 is 12.1 Å². The minimum Gasteiger partial charge on any atom is -0.465 e. The lowest BCUT2D eigenvalue weighted by atomic mass is 9.91. The maximum atomic E-state index is 13.1. The van der Waals surface area contributed by atoms with Crippen molar-refractivity contribution >= 4 is 28.3 Å². The fraction of sp³-hybridized carbons (Fsp3) is 0.370. The van der Waals surface area contributed by atoms with Gasteiger partial charge in [-0.2, -0.15) is 13.2 Å². The van der Waals surface area contributed by atoms with Gasteiger partial charge in [-0.05, 0) is 61.7 Å². The van der Waals surface area contributed by atoms with Gasteiger partial charge < -0.3 is 21.1 Å². The number of anilines is 1. The van der Waals surface area contributed by atoms with E-state index in [0.29, 0.717) is 22.8 Å². The molecule has 11 heteroatoms. The third-order valence-corrected chi connectivity index (χ3v) is 7.26. The summed E-state index contributed by atoms with van der Waals surface area (Å²) in [6.07, 6.45) is -2.73. The molecule has 2 aromatic carbocycles. The van der Waals surface area contributed by atoms with Crippen LogP contribution in [0.2, 0.25) is 0 Å². The van der Waals surface area contributed by atoms with Crippen LogP contribution in [-0.2, 0) is 22.3 Å². The summed E-state index contributed by atoms with van der Waals surface area (Å²) >= 11 is 1.41. The largest absolute Gasteiger partial charge is 0.465 e. The van der Waals surface area contributed by atoms with E-state index in [1.54, 1.807) is 33.0 Å². The summed E-state index contributed by atoms with van der Waals surface area (Å²) < 4.78 is 44.6. The van der Waals surface area contributed by atoms with Gasteiger partial charge in [0.1, 0.15) is 0 Å². The van der Waals surface area contributed by atoms with Gasteiger partial charge in [-0.15, -0.1) is 0 Å². The molecule has 7 nitrogen and oxygen atoms in total. The lowest BCUT2D eigenvalue weighted by molar-refractivity contribution is -0.153. The van der Waals surface area contributed by atoms with E-state index >= 15 is 0 Å². The molecule has 0 saturated carbocycles. The lowest BCUT2D eigenvalue weighted by Crippen LogP contribution is -2.39. The molecule has 0 spiro atoms. The number of hydrogen-bond donors (Lipinski definition) is 3. The number of carbonyl (C=O) groups is 2. The first-order valence-corrected chi connectivity index (χ1v) is 12.9. The van der Waals surface area contributed by atoms with E-state index in [9.17, 15) is 22.8 Å². The molecule has 3 aromatic rings. The molecule has 1 amide bonds. The highest BCUT2D eigenvalue weighted by atomic mass is 32.1. The third kappa shape index (κ3) is 6.33. The van der Waals surface area contributed by atoms with E-state index in [-0.39, 0.29) is 19.1 Å². The molecular weight excluding hydrogens is 517 g/mol. The summed E-state index contributed by atoms with van der Waals surface area (Å²) in [7, 11) is 0. The maximum Gasteiger partial charge on any atom is 0.416 e. The minimum atomic E-state index is -4.45. The van der Waals surface area contributed by atoms with Crippen LogP contribution in [0.3, 0.4) is 0 Å². The van der Waals surface area contributed by atoms with Crippen molar-refractivity contribution in [3.63, 3.8) is 0 Å². The van der Waals surface area contributed by atoms with Crippen LogP contribution in [0.1, 0.15) is 53.7 Å². The molecule has 202 valence electrons. The number of fused-ring (bicyclic) bond motifs is 1. The van der Waals surface area contributed by atoms with Gasteiger partial charge in [-0.3, -0.25) is 9.59 Å². The average molecular weight is 547 g/mol. The molecule has 0 aliphatic carbocycles. The Morgan fingerprint density at radius 3 is 2.55 bits per heavy atom. The number of benzene rings is 2. The van der Waals surface area contributed by atoms with E-state index in [2.05, 4.69) is 15.6 Å². The highest BCUT2D eigenvalue weighted by Gasteiger charge is 2.31. The number of carbonyl (C=O) groups excluding carboxylic acids is 2. The Balaban J connectivity index is 1.46. The van der Waals surface area contributed by atoms with E-state index in [4.69, 9.17) is 10.5 Å². The molecular formula is C27H29F3N4O3S. The van der Waals surface area contributed by atoms with Crippen molar-refractivity contribution < 1.29 is 27.5 Å². The summed E-state index contributed by atoms with van der Waals surface area (Å²) in [6, 6.07) is 9.77. The van der Waals surface area contributed by atoms with Crippen molar-refractivity contribution in [3.05, 3.63) is 70.9 Å². The van der Waals surface area contributed by atoms with Gasteiger partial charge in [0.15, 0.2) is 5.13 Å². The van der Waals surface area contributed by atoms with Crippen molar-refractivity contribution in [3.8, 4) is 10.4 Å². The first kappa shape index (κ1) is 27.6. The van der Waals surface area contributed by atoms with Crippen molar-refractivity contribution in [1.82, 2.24) is 10.3 Å². The quantitative estimate of drug-likeness (QED) is 0.336. The summed E-state index contributed by atoms with van der Waals surface area (Å²) in [5.41, 5.74) is 8.05. The fourth-order valence-corrected chi connectivity index (χ4v) is 4.81. The molecule has 0 radical (unpaired) electrons. The van der Waals surface area contributed by atoms with Gasteiger partial charge in [0.25, 0.3) is 5.91 Å². The van der Waals surface area contributed by atoms with Gasteiger partial charge in [0, 0.05) is 36.8 Å². The van der Waals surface area contributed by atoms with Crippen LogP contribution in [0, 0.1) is 5.41 Å². The number of nitrogens with one attached hydrogen (secondary N) is 2. The second-order valence-electron chi connectivity index (χ2n) is 10.2. The number of halogens is 3. The zero-order valence-electron chi connectivity index (χ0n) is 21.2. The van der Waals surface area contributed by atoms with Crippen LogP contribution < -0.4 is 16.4 Å². The summed E-state index contributed by atoms with van der Waals surface area (Å²) in [5.74, 6) is -1.05. The van der Waals surface area contributed by atoms with E-state index < -0.39 is 35.1 Å². The number of ether oxygens (including phenoxy) is 1. The number of nitrogens with two attached hydrogens (primary N) is 1. The van der Waals surface area contributed by atoms with Gasteiger partial charge in [0.05, 0.1) is 22.5 Å². The van der Waals surface area contributed by atoms with E-state index in [1.165, 1.54) is 23.5 Å². The zero-order valence-corrected chi connectivity index (χ0v) is 22.0. The monoisotopic (exact) mass is 546 g/mol. The second-order valence-corrected chi connectivity index (χ2v) is 11.2. The van der Waals surface area contributed by atoms with Gasteiger partial charge in [0.2, 0.25) is 0 Å².